The van der Waals surface area contributed by atoms with Gasteiger partial charge in [-0.25, -0.2) is 0 Å². The Balaban J connectivity index is 2.45. The summed E-state index contributed by atoms with van der Waals surface area (Å²) in [5.41, 5.74) is 0. The van der Waals surface area contributed by atoms with E-state index in [1.54, 1.807) is 0 Å². The van der Waals surface area contributed by atoms with E-state index in [9.17, 15) is 0 Å². The third kappa shape index (κ3) is 6.90. The first-order valence-corrected chi connectivity index (χ1v) is 6.67. The molecule has 0 atom stereocenters. The van der Waals surface area contributed by atoms with Gasteiger partial charge in [0.25, 0.3) is 0 Å². The van der Waals surface area contributed by atoms with Crippen LogP contribution in [0.3, 0.4) is 0 Å². The number of rotatable bonds is 4. The molecule has 0 saturated heterocycles. The number of hydrogen-bond donors (Lipinski definition) is 0. The summed E-state index contributed by atoms with van der Waals surface area (Å²) in [6.45, 7) is 3.91. The number of ether oxygens (including phenoxy) is 1. The van der Waals surface area contributed by atoms with Gasteiger partial charge in [0.15, 0.2) is 0 Å². The molecule has 0 unspecified atom stereocenters. The molecule has 0 fully saturated rings. The van der Waals surface area contributed by atoms with Gasteiger partial charge in [-0.3, -0.25) is 0 Å². The standard InChI is InChI=1S/C5H11O.Hg/c1-3-5-6-4-2;/h1,3-5H2,2H3;. The van der Waals surface area contributed by atoms with Crippen LogP contribution in [0.25, 0.3) is 0 Å². The average Bonchev–Trinajstić information content (AvgIpc) is 1.69. The van der Waals surface area contributed by atoms with Crippen molar-refractivity contribution in [3.05, 3.63) is 0 Å². The van der Waals surface area contributed by atoms with E-state index in [4.69, 9.17) is 4.74 Å². The fourth-order valence-electron chi connectivity index (χ4n) is 0.348. The fourth-order valence-corrected chi connectivity index (χ4v) is 1.14. The van der Waals surface area contributed by atoms with Crippen LogP contribution in [0.1, 0.15) is 13.3 Å². The van der Waals surface area contributed by atoms with E-state index in [0.29, 0.717) is 0 Å². The molecule has 0 heterocycles. The molecule has 0 aromatic heterocycles. The van der Waals surface area contributed by atoms with Gasteiger partial charge in [0, 0.05) is 0 Å². The van der Waals surface area contributed by atoms with Crippen molar-refractivity contribution in [2.24, 2.45) is 0 Å². The fraction of sp³-hybridized carbons (Fsp3) is 1.00. The van der Waals surface area contributed by atoms with Gasteiger partial charge < -0.3 is 0 Å². The SMILES string of the molecule is CCOCC[CH2][Hg]. The van der Waals surface area contributed by atoms with Gasteiger partial charge in [-0.1, -0.05) is 0 Å². The summed E-state index contributed by atoms with van der Waals surface area (Å²) >= 11 is 0.990. The van der Waals surface area contributed by atoms with Crippen LogP contribution in [0.15, 0.2) is 0 Å². The van der Waals surface area contributed by atoms with Crippen molar-refractivity contribution in [3.63, 3.8) is 0 Å². The third-order valence-electron chi connectivity index (χ3n) is 0.743. The Morgan fingerprint density at radius 1 is 1.57 bits per heavy atom. The summed E-state index contributed by atoms with van der Waals surface area (Å²) in [7, 11) is 0. The summed E-state index contributed by atoms with van der Waals surface area (Å²) in [5, 5.41) is 0. The van der Waals surface area contributed by atoms with Gasteiger partial charge >= 0.3 is 61.3 Å². The zero-order chi connectivity index (χ0) is 5.54. The quantitative estimate of drug-likeness (QED) is 0.561. The molecule has 0 aliphatic rings. The summed E-state index contributed by atoms with van der Waals surface area (Å²) < 4.78 is 6.54. The summed E-state index contributed by atoms with van der Waals surface area (Å²) in [6.07, 6.45) is 1.29. The minimum atomic E-state index is 0.883. The Morgan fingerprint density at radius 2 is 2.29 bits per heavy atom. The molecule has 0 bridgehead atoms. The Bertz CT molecular complexity index is 27.3. The van der Waals surface area contributed by atoms with Crippen LogP contribution in [0.2, 0.25) is 3.93 Å². The molecular weight excluding hydrogens is 277 g/mol. The number of hydrogen-bond acceptors (Lipinski definition) is 1. The third-order valence-corrected chi connectivity index (χ3v) is 2.69. The van der Waals surface area contributed by atoms with Crippen molar-refractivity contribution in [1.29, 1.82) is 0 Å². The van der Waals surface area contributed by atoms with Gasteiger partial charge in [0.1, 0.15) is 0 Å². The van der Waals surface area contributed by atoms with E-state index in [1.807, 2.05) is 6.92 Å². The van der Waals surface area contributed by atoms with Crippen LogP contribution in [-0.2, 0) is 30.9 Å². The van der Waals surface area contributed by atoms with Gasteiger partial charge in [-0.15, -0.1) is 0 Å². The molecule has 0 spiro atoms. The van der Waals surface area contributed by atoms with Crippen molar-refractivity contribution in [2.45, 2.75) is 17.3 Å². The molecule has 2 heteroatoms. The van der Waals surface area contributed by atoms with E-state index < -0.39 is 0 Å². The molecule has 0 rings (SSSR count). The van der Waals surface area contributed by atoms with Gasteiger partial charge in [0.2, 0.25) is 0 Å². The van der Waals surface area contributed by atoms with Crippen LogP contribution in [0.5, 0.6) is 0 Å². The van der Waals surface area contributed by atoms with Crippen LogP contribution in [0, 0.1) is 0 Å². The molecule has 1 nitrogen and oxygen atoms in total. The predicted molar refractivity (Wildman–Crippen MR) is 25.9 cm³/mol. The van der Waals surface area contributed by atoms with Crippen molar-refractivity contribution in [1.82, 2.24) is 0 Å². The monoisotopic (exact) mass is 289 g/mol. The molecule has 0 saturated carbocycles. The molecule has 0 amide bonds. The van der Waals surface area contributed by atoms with E-state index in [1.165, 1.54) is 10.4 Å². The van der Waals surface area contributed by atoms with E-state index in [-0.39, 0.29) is 0 Å². The van der Waals surface area contributed by atoms with Gasteiger partial charge in [0.05, 0.1) is 0 Å². The van der Waals surface area contributed by atoms with Crippen LogP contribution < -0.4 is 0 Å². The van der Waals surface area contributed by atoms with Crippen LogP contribution in [0.4, 0.5) is 0 Å². The maximum atomic E-state index is 5.11. The first-order valence-electron chi connectivity index (χ1n) is 2.78. The summed E-state index contributed by atoms with van der Waals surface area (Å²) in [4.78, 5) is 0. The van der Waals surface area contributed by atoms with Crippen molar-refractivity contribution < 1.29 is 30.9 Å². The first-order chi connectivity index (χ1) is 3.41. The normalized spacial score (nSPS) is 9.57. The van der Waals surface area contributed by atoms with E-state index in [2.05, 4.69) is 0 Å². The van der Waals surface area contributed by atoms with Crippen molar-refractivity contribution in [2.75, 3.05) is 13.2 Å². The predicted octanol–water partition coefficient (Wildman–Crippen LogP) is 1.38. The topological polar surface area (TPSA) is 9.23 Å². The Labute approximate surface area is 61.4 Å². The first kappa shape index (κ1) is 7.90. The molecule has 0 radical (unpaired) electrons. The molecule has 0 aliphatic carbocycles. The second kappa shape index (κ2) is 6.90. The van der Waals surface area contributed by atoms with Gasteiger partial charge in [-0.05, 0) is 0 Å². The average molecular weight is 288 g/mol. The molecule has 39 valence electrons. The molecule has 7 heavy (non-hydrogen) atoms. The van der Waals surface area contributed by atoms with Crippen molar-refractivity contribution >= 4 is 0 Å². The Morgan fingerprint density at radius 3 is 2.71 bits per heavy atom. The second-order valence-electron chi connectivity index (χ2n) is 1.40. The molecule has 0 aromatic carbocycles. The second-order valence-corrected chi connectivity index (χ2v) is 4.15. The van der Waals surface area contributed by atoms with Crippen LogP contribution in [-0.4, -0.2) is 13.2 Å². The molecule has 0 aliphatic heterocycles. The summed E-state index contributed by atoms with van der Waals surface area (Å²) in [6, 6.07) is 0. The van der Waals surface area contributed by atoms with Crippen LogP contribution >= 0.6 is 0 Å². The zero-order valence-corrected chi connectivity index (χ0v) is 10.4. The van der Waals surface area contributed by atoms with Gasteiger partial charge in [-0.2, -0.15) is 0 Å². The van der Waals surface area contributed by atoms with E-state index >= 15 is 0 Å². The maximum absolute atomic E-state index is 5.11. The molecule has 0 aromatic rings. The zero-order valence-electron chi connectivity index (χ0n) is 4.94. The summed E-state index contributed by atoms with van der Waals surface area (Å²) in [5.74, 6) is 0. The van der Waals surface area contributed by atoms with Crippen molar-refractivity contribution in [3.8, 4) is 0 Å². The molecule has 0 N–H and O–H groups in total. The Hall–Kier alpha value is 0.895. The molecular formula is C5H11HgO. The Kier molecular flexibility index (Phi) is 7.78. The van der Waals surface area contributed by atoms with E-state index in [0.717, 1.165) is 39.3 Å². The minimum absolute atomic E-state index is 0.883.